The highest BCUT2D eigenvalue weighted by atomic mass is 16.5. The SMILES string of the molecule is COC1(CC(=O)N2CC(N)C3(CCC3)C2)CCC1. The van der Waals surface area contributed by atoms with Gasteiger partial charge in [-0.15, -0.1) is 0 Å². The van der Waals surface area contributed by atoms with Crippen molar-refractivity contribution in [3.63, 3.8) is 0 Å². The highest BCUT2D eigenvalue weighted by molar-refractivity contribution is 5.78. The standard InChI is InChI=1S/C14H24N2O2/c1-18-14(6-3-7-14)8-12(17)16-9-11(15)13(10-16)4-2-5-13/h11H,2-10,15H2,1H3. The molecule has 4 heteroatoms. The van der Waals surface area contributed by atoms with Crippen LogP contribution >= 0.6 is 0 Å². The first-order valence-electron chi connectivity index (χ1n) is 7.18. The molecule has 1 unspecified atom stereocenters. The van der Waals surface area contributed by atoms with E-state index in [1.165, 1.54) is 25.7 Å². The van der Waals surface area contributed by atoms with Crippen molar-refractivity contribution in [3.8, 4) is 0 Å². The molecule has 102 valence electrons. The van der Waals surface area contributed by atoms with E-state index < -0.39 is 0 Å². The molecule has 4 nitrogen and oxygen atoms in total. The Kier molecular flexibility index (Phi) is 2.90. The third-order valence-corrected chi connectivity index (χ3v) is 5.58. The minimum Gasteiger partial charge on any atom is -0.378 e. The maximum Gasteiger partial charge on any atom is 0.225 e. The van der Waals surface area contributed by atoms with E-state index >= 15 is 0 Å². The highest BCUT2D eigenvalue weighted by Gasteiger charge is 2.51. The summed E-state index contributed by atoms with van der Waals surface area (Å²) < 4.78 is 5.54. The van der Waals surface area contributed by atoms with E-state index in [0.717, 1.165) is 25.9 Å². The van der Waals surface area contributed by atoms with Crippen LogP contribution in [0.3, 0.4) is 0 Å². The zero-order valence-corrected chi connectivity index (χ0v) is 11.3. The van der Waals surface area contributed by atoms with Crippen molar-refractivity contribution in [1.29, 1.82) is 0 Å². The molecule has 1 spiro atoms. The van der Waals surface area contributed by atoms with E-state index in [9.17, 15) is 4.79 Å². The van der Waals surface area contributed by atoms with Crippen molar-refractivity contribution in [2.45, 2.75) is 56.6 Å². The highest BCUT2D eigenvalue weighted by Crippen LogP contribution is 2.48. The van der Waals surface area contributed by atoms with Crippen LogP contribution in [0.1, 0.15) is 44.9 Å². The molecule has 0 bridgehead atoms. The number of amides is 1. The third kappa shape index (κ3) is 1.77. The lowest BCUT2D eigenvalue weighted by Gasteiger charge is -2.42. The van der Waals surface area contributed by atoms with Crippen LogP contribution in [-0.2, 0) is 9.53 Å². The topological polar surface area (TPSA) is 55.6 Å². The number of nitrogens with two attached hydrogens (primary N) is 1. The molecule has 3 aliphatic rings. The summed E-state index contributed by atoms with van der Waals surface area (Å²) in [4.78, 5) is 14.4. The van der Waals surface area contributed by atoms with Gasteiger partial charge < -0.3 is 15.4 Å². The molecule has 0 aromatic heterocycles. The quantitative estimate of drug-likeness (QED) is 0.823. The number of rotatable bonds is 3. The molecule has 1 heterocycles. The molecule has 0 aromatic rings. The summed E-state index contributed by atoms with van der Waals surface area (Å²) in [6.07, 6.45) is 7.47. The lowest BCUT2D eigenvalue weighted by Crippen LogP contribution is -2.46. The zero-order valence-electron chi connectivity index (χ0n) is 11.3. The van der Waals surface area contributed by atoms with Crippen molar-refractivity contribution in [2.75, 3.05) is 20.2 Å². The average molecular weight is 252 g/mol. The van der Waals surface area contributed by atoms with Crippen LogP contribution in [0, 0.1) is 5.41 Å². The van der Waals surface area contributed by atoms with Gasteiger partial charge in [-0.25, -0.2) is 0 Å². The van der Waals surface area contributed by atoms with Crippen molar-refractivity contribution >= 4 is 5.91 Å². The average Bonchev–Trinajstić information content (AvgIpc) is 2.61. The molecule has 1 atom stereocenters. The van der Waals surface area contributed by atoms with Crippen LogP contribution in [0.2, 0.25) is 0 Å². The molecular weight excluding hydrogens is 228 g/mol. The van der Waals surface area contributed by atoms with E-state index in [4.69, 9.17) is 10.5 Å². The second-order valence-electron chi connectivity index (χ2n) is 6.51. The fraction of sp³-hybridized carbons (Fsp3) is 0.929. The van der Waals surface area contributed by atoms with Crippen LogP contribution in [0.4, 0.5) is 0 Å². The van der Waals surface area contributed by atoms with Crippen LogP contribution in [0.25, 0.3) is 0 Å². The van der Waals surface area contributed by atoms with Gasteiger partial charge >= 0.3 is 0 Å². The Morgan fingerprint density at radius 1 is 1.33 bits per heavy atom. The molecule has 1 saturated heterocycles. The van der Waals surface area contributed by atoms with Gasteiger partial charge in [0.1, 0.15) is 0 Å². The fourth-order valence-electron chi connectivity index (χ4n) is 3.75. The van der Waals surface area contributed by atoms with Crippen molar-refractivity contribution in [2.24, 2.45) is 11.1 Å². The number of methoxy groups -OCH3 is 1. The summed E-state index contributed by atoms with van der Waals surface area (Å²) in [5.41, 5.74) is 6.32. The Labute approximate surface area is 109 Å². The molecule has 1 aliphatic heterocycles. The van der Waals surface area contributed by atoms with E-state index in [2.05, 4.69) is 0 Å². The molecule has 3 fully saturated rings. The Balaban J connectivity index is 1.60. The van der Waals surface area contributed by atoms with Gasteiger partial charge in [0.15, 0.2) is 0 Å². The number of carbonyl (C=O) groups excluding carboxylic acids is 1. The van der Waals surface area contributed by atoms with Gasteiger partial charge in [0.05, 0.1) is 12.0 Å². The smallest absolute Gasteiger partial charge is 0.225 e. The van der Waals surface area contributed by atoms with E-state index in [0.29, 0.717) is 6.42 Å². The number of hydrogen-bond donors (Lipinski definition) is 1. The van der Waals surface area contributed by atoms with Crippen LogP contribution in [0.5, 0.6) is 0 Å². The molecule has 0 aromatic carbocycles. The van der Waals surface area contributed by atoms with Gasteiger partial charge in [-0.1, -0.05) is 6.42 Å². The predicted molar refractivity (Wildman–Crippen MR) is 69.0 cm³/mol. The first-order valence-corrected chi connectivity index (χ1v) is 7.18. The van der Waals surface area contributed by atoms with E-state index in [-0.39, 0.29) is 23.0 Å². The first kappa shape index (κ1) is 12.4. The van der Waals surface area contributed by atoms with E-state index in [1.54, 1.807) is 7.11 Å². The summed E-state index contributed by atoms with van der Waals surface area (Å²) in [6, 6.07) is 0.190. The Hall–Kier alpha value is -0.610. The van der Waals surface area contributed by atoms with Gasteiger partial charge in [-0.05, 0) is 32.1 Å². The summed E-state index contributed by atoms with van der Waals surface area (Å²) in [5.74, 6) is 0.246. The zero-order chi connectivity index (χ0) is 12.8. The normalized spacial score (nSPS) is 32.1. The second kappa shape index (κ2) is 4.20. The minimum atomic E-state index is -0.156. The number of hydrogen-bond acceptors (Lipinski definition) is 3. The van der Waals surface area contributed by atoms with E-state index in [1.807, 2.05) is 4.90 Å². The molecule has 0 radical (unpaired) electrons. The summed E-state index contributed by atoms with van der Waals surface area (Å²) in [5, 5.41) is 0. The van der Waals surface area contributed by atoms with Gasteiger partial charge in [-0.3, -0.25) is 4.79 Å². The second-order valence-corrected chi connectivity index (χ2v) is 6.51. The summed E-state index contributed by atoms with van der Waals surface area (Å²) in [7, 11) is 1.73. The van der Waals surface area contributed by atoms with Gasteiger partial charge in [0.25, 0.3) is 0 Å². The molecule has 18 heavy (non-hydrogen) atoms. The Morgan fingerprint density at radius 2 is 2.00 bits per heavy atom. The summed E-state index contributed by atoms with van der Waals surface area (Å²) in [6.45, 7) is 1.63. The number of likely N-dealkylation sites (tertiary alicyclic amines) is 1. The molecule has 2 N–H and O–H groups in total. The van der Waals surface area contributed by atoms with Crippen molar-refractivity contribution in [1.82, 2.24) is 4.90 Å². The number of carbonyl (C=O) groups is 1. The molecular formula is C14H24N2O2. The monoisotopic (exact) mass is 252 g/mol. The fourth-order valence-corrected chi connectivity index (χ4v) is 3.75. The first-order chi connectivity index (χ1) is 8.59. The molecule has 1 amide bonds. The number of ether oxygens (including phenoxy) is 1. The van der Waals surface area contributed by atoms with Crippen LogP contribution in [0.15, 0.2) is 0 Å². The lowest BCUT2D eigenvalue weighted by molar-refractivity contribution is -0.143. The largest absolute Gasteiger partial charge is 0.378 e. The Morgan fingerprint density at radius 3 is 2.39 bits per heavy atom. The molecule has 2 aliphatic carbocycles. The van der Waals surface area contributed by atoms with Gasteiger partial charge in [0.2, 0.25) is 5.91 Å². The predicted octanol–water partition coefficient (Wildman–Crippen LogP) is 1.29. The lowest BCUT2D eigenvalue weighted by atomic mass is 9.66. The maximum atomic E-state index is 12.4. The van der Waals surface area contributed by atoms with Crippen LogP contribution < -0.4 is 5.73 Å². The van der Waals surface area contributed by atoms with Gasteiger partial charge in [0, 0.05) is 31.7 Å². The van der Waals surface area contributed by atoms with Gasteiger partial charge in [-0.2, -0.15) is 0 Å². The van der Waals surface area contributed by atoms with Crippen LogP contribution in [-0.4, -0.2) is 42.6 Å². The minimum absolute atomic E-state index is 0.156. The van der Waals surface area contributed by atoms with Crippen molar-refractivity contribution in [3.05, 3.63) is 0 Å². The molecule has 2 saturated carbocycles. The third-order valence-electron chi connectivity index (χ3n) is 5.58. The number of nitrogens with zero attached hydrogens (tertiary/aromatic N) is 1. The molecule has 3 rings (SSSR count). The van der Waals surface area contributed by atoms with Crippen molar-refractivity contribution < 1.29 is 9.53 Å². The maximum absolute atomic E-state index is 12.4. The summed E-state index contributed by atoms with van der Waals surface area (Å²) >= 11 is 0. The Bertz CT molecular complexity index is 342.